The average Bonchev–Trinajstić information content (AvgIpc) is 3.15. The lowest BCUT2D eigenvalue weighted by Crippen LogP contribution is -2.46. The van der Waals surface area contributed by atoms with E-state index in [-0.39, 0.29) is 16.1 Å². The van der Waals surface area contributed by atoms with Gasteiger partial charge in [0.25, 0.3) is 11.1 Å². The summed E-state index contributed by atoms with van der Waals surface area (Å²) in [5.41, 5.74) is 1.96. The zero-order valence-electron chi connectivity index (χ0n) is 18.0. The highest BCUT2D eigenvalue weighted by Crippen LogP contribution is 2.28. The molecule has 2 heterocycles. The number of hydrogen-bond acceptors (Lipinski definition) is 5. The third-order valence-electron chi connectivity index (χ3n) is 4.75. The van der Waals surface area contributed by atoms with Crippen LogP contribution in [0.1, 0.15) is 43.3 Å². The Morgan fingerprint density at radius 3 is 2.17 bits per heavy atom. The predicted molar refractivity (Wildman–Crippen MR) is 116 cm³/mol. The van der Waals surface area contributed by atoms with Gasteiger partial charge in [0.2, 0.25) is 0 Å². The van der Waals surface area contributed by atoms with E-state index in [4.69, 9.17) is 9.47 Å². The van der Waals surface area contributed by atoms with Crippen molar-refractivity contribution in [2.45, 2.75) is 33.1 Å². The summed E-state index contributed by atoms with van der Waals surface area (Å²) in [6.07, 6.45) is 4.73. The van der Waals surface area contributed by atoms with Crippen LogP contribution in [-0.2, 0) is 5.41 Å². The van der Waals surface area contributed by atoms with Gasteiger partial charge in [-0.3, -0.25) is 9.59 Å². The molecule has 3 aromatic rings. The molecule has 0 aliphatic rings. The summed E-state index contributed by atoms with van der Waals surface area (Å²) in [5, 5.41) is 0.259. The number of H-pyrrole nitrogens is 3. The van der Waals surface area contributed by atoms with Crippen LogP contribution >= 0.6 is 0 Å². The molecule has 0 aliphatic carbocycles. The molecule has 0 saturated carbocycles. The molecule has 0 atom stereocenters. The lowest BCUT2D eigenvalue weighted by atomic mass is 9.90. The molecular weight excluding hydrogens is 384 g/mol. The maximum atomic E-state index is 12.7. The van der Waals surface area contributed by atoms with Gasteiger partial charge in [-0.15, -0.1) is 0 Å². The second kappa shape index (κ2) is 8.06. The Morgan fingerprint density at radius 1 is 0.967 bits per heavy atom. The van der Waals surface area contributed by atoms with Gasteiger partial charge < -0.3 is 24.4 Å². The van der Waals surface area contributed by atoms with Gasteiger partial charge in [-0.25, -0.2) is 4.98 Å². The molecule has 3 rings (SSSR count). The molecule has 0 unspecified atom stereocenters. The minimum Gasteiger partial charge on any atom is -0.497 e. The van der Waals surface area contributed by atoms with Gasteiger partial charge in [0.15, 0.2) is 0 Å². The molecule has 0 radical (unpaired) electrons. The highest BCUT2D eigenvalue weighted by molar-refractivity contribution is 5.62. The maximum absolute atomic E-state index is 12.7. The van der Waals surface area contributed by atoms with Crippen molar-refractivity contribution in [3.05, 3.63) is 72.4 Å². The van der Waals surface area contributed by atoms with Crippen molar-refractivity contribution in [1.29, 1.82) is 0 Å². The first-order valence-corrected chi connectivity index (χ1v) is 9.46. The highest BCUT2D eigenvalue weighted by Gasteiger charge is 2.19. The van der Waals surface area contributed by atoms with Crippen LogP contribution in [0.3, 0.4) is 0 Å². The number of methoxy groups -OCH3 is 2. The van der Waals surface area contributed by atoms with E-state index in [0.29, 0.717) is 22.8 Å². The van der Waals surface area contributed by atoms with E-state index < -0.39 is 11.1 Å². The molecule has 1 aromatic carbocycles. The Hall–Kier alpha value is -3.55. The fraction of sp³-hybridized carbons (Fsp3) is 0.318. The number of nitrogens with zero attached hydrogens (tertiary/aromatic N) is 1. The fourth-order valence-electron chi connectivity index (χ4n) is 3.20. The lowest BCUT2D eigenvalue weighted by Gasteiger charge is -2.16. The molecule has 3 N–H and O–H groups in total. The summed E-state index contributed by atoms with van der Waals surface area (Å²) >= 11 is 0. The maximum Gasteiger partial charge on any atom is 0.272 e. The smallest absolute Gasteiger partial charge is 0.272 e. The van der Waals surface area contributed by atoms with Crippen molar-refractivity contribution in [2.75, 3.05) is 14.2 Å². The topological polar surface area (TPSA) is 113 Å². The standard InChI is InChI=1S/C22H26N4O4/c1-12-7-13(29-5)8-18(30-6)14(12)9-16-20(27)26-17(21(28)25-16)10-15-19(22(2,3)4)24-11-23-15/h7-11H,1-6H3,(H,23,24)(H,25,28)(H,26,27)/b16-9-,17-10-. The monoisotopic (exact) mass is 410 g/mol. The van der Waals surface area contributed by atoms with Crippen molar-refractivity contribution in [2.24, 2.45) is 0 Å². The van der Waals surface area contributed by atoms with Crippen LogP contribution in [0.15, 0.2) is 28.0 Å². The van der Waals surface area contributed by atoms with Gasteiger partial charge in [0.1, 0.15) is 22.2 Å². The first kappa shape index (κ1) is 21.2. The molecule has 30 heavy (non-hydrogen) atoms. The van der Waals surface area contributed by atoms with E-state index in [2.05, 4.69) is 19.9 Å². The average molecular weight is 410 g/mol. The number of benzene rings is 1. The number of hydrogen-bond donors (Lipinski definition) is 3. The van der Waals surface area contributed by atoms with E-state index in [1.54, 1.807) is 31.7 Å². The lowest BCUT2D eigenvalue weighted by molar-refractivity contribution is 0.393. The number of aryl methyl sites for hydroxylation is 1. The Balaban J connectivity index is 2.17. The molecule has 0 saturated heterocycles. The molecule has 0 amide bonds. The zero-order chi connectivity index (χ0) is 22.1. The Kier molecular flexibility index (Phi) is 5.69. The van der Waals surface area contributed by atoms with Crippen LogP contribution in [0.25, 0.3) is 12.2 Å². The number of aromatic amines is 3. The van der Waals surface area contributed by atoms with Crippen LogP contribution in [0.5, 0.6) is 11.5 Å². The predicted octanol–water partition coefficient (Wildman–Crippen LogP) is 1.07. The third kappa shape index (κ3) is 4.22. The van der Waals surface area contributed by atoms with Gasteiger partial charge in [-0.05, 0) is 30.7 Å². The van der Waals surface area contributed by atoms with Gasteiger partial charge in [-0.1, -0.05) is 20.8 Å². The molecule has 158 valence electrons. The number of nitrogens with one attached hydrogen (secondary N) is 3. The second-order valence-corrected chi connectivity index (χ2v) is 8.00. The number of aromatic nitrogens is 4. The molecule has 0 bridgehead atoms. The first-order chi connectivity index (χ1) is 14.1. The summed E-state index contributed by atoms with van der Waals surface area (Å²) < 4.78 is 10.7. The highest BCUT2D eigenvalue weighted by atomic mass is 16.5. The normalized spacial score (nSPS) is 13.0. The first-order valence-electron chi connectivity index (χ1n) is 9.46. The van der Waals surface area contributed by atoms with Crippen molar-refractivity contribution in [3.63, 3.8) is 0 Å². The Labute approximate surface area is 173 Å². The van der Waals surface area contributed by atoms with E-state index in [1.165, 1.54) is 7.11 Å². The summed E-state index contributed by atoms with van der Waals surface area (Å²) in [4.78, 5) is 38.0. The quantitative estimate of drug-likeness (QED) is 0.596. The van der Waals surface area contributed by atoms with Crippen LogP contribution in [0, 0.1) is 6.92 Å². The molecule has 0 fully saturated rings. The van der Waals surface area contributed by atoms with Gasteiger partial charge in [0.05, 0.1) is 26.2 Å². The van der Waals surface area contributed by atoms with Gasteiger partial charge in [0, 0.05) is 22.7 Å². The van der Waals surface area contributed by atoms with Crippen LogP contribution in [-0.4, -0.2) is 34.2 Å². The summed E-state index contributed by atoms with van der Waals surface area (Å²) in [5.74, 6) is 1.18. The van der Waals surface area contributed by atoms with Gasteiger partial charge in [-0.2, -0.15) is 0 Å². The summed E-state index contributed by atoms with van der Waals surface area (Å²) in [7, 11) is 3.10. The van der Waals surface area contributed by atoms with Crippen LogP contribution in [0.2, 0.25) is 0 Å². The van der Waals surface area contributed by atoms with Gasteiger partial charge >= 0.3 is 0 Å². The van der Waals surface area contributed by atoms with Crippen LogP contribution in [0.4, 0.5) is 0 Å². The van der Waals surface area contributed by atoms with Crippen molar-refractivity contribution < 1.29 is 9.47 Å². The Morgan fingerprint density at radius 2 is 1.60 bits per heavy atom. The van der Waals surface area contributed by atoms with Crippen molar-refractivity contribution in [3.8, 4) is 11.5 Å². The van der Waals surface area contributed by atoms with E-state index >= 15 is 0 Å². The van der Waals surface area contributed by atoms with E-state index in [0.717, 1.165) is 11.3 Å². The Bertz CT molecular complexity index is 1310. The second-order valence-electron chi connectivity index (χ2n) is 8.00. The molecular formula is C22H26N4O4. The zero-order valence-corrected chi connectivity index (χ0v) is 18.0. The largest absolute Gasteiger partial charge is 0.497 e. The van der Waals surface area contributed by atoms with Crippen molar-refractivity contribution in [1.82, 2.24) is 19.9 Å². The molecule has 8 nitrogen and oxygen atoms in total. The number of ether oxygens (including phenoxy) is 2. The minimum atomic E-state index is -0.425. The molecule has 8 heteroatoms. The van der Waals surface area contributed by atoms with E-state index in [1.807, 2.05) is 33.8 Å². The number of rotatable bonds is 4. The molecule has 2 aromatic heterocycles. The fourth-order valence-corrected chi connectivity index (χ4v) is 3.20. The summed E-state index contributed by atoms with van der Waals surface area (Å²) in [6, 6.07) is 3.55. The molecule has 0 aliphatic heterocycles. The molecule has 0 spiro atoms. The van der Waals surface area contributed by atoms with E-state index in [9.17, 15) is 9.59 Å². The number of imidazole rings is 1. The SMILES string of the molecule is COc1cc(C)c(/C=c2\[nH]c(=O)/c(=C/c3nc[nH]c3C(C)(C)C)[nH]c2=O)c(OC)c1. The van der Waals surface area contributed by atoms with Crippen molar-refractivity contribution >= 4 is 12.2 Å². The van der Waals surface area contributed by atoms with Crippen LogP contribution < -0.4 is 31.3 Å². The third-order valence-corrected chi connectivity index (χ3v) is 4.75. The minimum absolute atomic E-state index is 0.127. The summed E-state index contributed by atoms with van der Waals surface area (Å²) in [6.45, 7) is 7.98.